The third kappa shape index (κ3) is 3.01. The van der Waals surface area contributed by atoms with Crippen molar-refractivity contribution in [3.05, 3.63) is 12.4 Å². The molecule has 78 valence electrons. The highest BCUT2D eigenvalue weighted by Crippen LogP contribution is 2.16. The van der Waals surface area contributed by atoms with Crippen LogP contribution >= 0.6 is 11.8 Å². The quantitative estimate of drug-likeness (QED) is 0.774. The van der Waals surface area contributed by atoms with E-state index < -0.39 is 0 Å². The molecule has 0 saturated carbocycles. The van der Waals surface area contributed by atoms with Crippen LogP contribution in [0.3, 0.4) is 0 Å². The standard InChI is InChI=1S/C9H14N2O2S/c1-5-12-8(13-6-1)2-7-14-9-10-3-4-11-9/h3-4,8H,1-2,5-7H2,(H,10,11). The summed E-state index contributed by atoms with van der Waals surface area (Å²) in [5, 5.41) is 0.959. The molecule has 1 N–H and O–H groups in total. The fourth-order valence-corrected chi connectivity index (χ4v) is 2.08. The number of hydrogen-bond donors (Lipinski definition) is 1. The predicted octanol–water partition coefficient (Wildman–Crippen LogP) is 1.65. The molecule has 1 aliphatic rings. The smallest absolute Gasteiger partial charge is 0.165 e. The molecule has 0 aromatic carbocycles. The highest BCUT2D eigenvalue weighted by atomic mass is 32.2. The lowest BCUT2D eigenvalue weighted by molar-refractivity contribution is -0.178. The van der Waals surface area contributed by atoms with E-state index in [1.165, 1.54) is 0 Å². The van der Waals surface area contributed by atoms with E-state index in [1.54, 1.807) is 18.0 Å². The van der Waals surface area contributed by atoms with E-state index in [1.807, 2.05) is 6.20 Å². The lowest BCUT2D eigenvalue weighted by Gasteiger charge is -2.22. The van der Waals surface area contributed by atoms with Gasteiger partial charge in [-0.05, 0) is 6.42 Å². The summed E-state index contributed by atoms with van der Waals surface area (Å²) >= 11 is 1.69. The Morgan fingerprint density at radius 1 is 1.50 bits per heavy atom. The molecule has 1 fully saturated rings. The number of aromatic amines is 1. The van der Waals surface area contributed by atoms with Crippen molar-refractivity contribution >= 4 is 11.8 Å². The van der Waals surface area contributed by atoms with Crippen molar-refractivity contribution in [2.45, 2.75) is 24.3 Å². The molecule has 0 bridgehead atoms. The molecule has 5 heteroatoms. The Bertz CT molecular complexity index is 247. The van der Waals surface area contributed by atoms with Crippen LogP contribution in [0.1, 0.15) is 12.8 Å². The number of thioether (sulfide) groups is 1. The Labute approximate surface area is 87.4 Å². The first kappa shape index (κ1) is 10.0. The highest BCUT2D eigenvalue weighted by molar-refractivity contribution is 7.99. The van der Waals surface area contributed by atoms with Crippen molar-refractivity contribution < 1.29 is 9.47 Å². The second kappa shape index (κ2) is 5.38. The molecule has 4 nitrogen and oxygen atoms in total. The summed E-state index contributed by atoms with van der Waals surface area (Å²) in [7, 11) is 0. The number of nitrogens with one attached hydrogen (secondary N) is 1. The number of ether oxygens (including phenoxy) is 2. The van der Waals surface area contributed by atoms with E-state index in [-0.39, 0.29) is 6.29 Å². The molecular weight excluding hydrogens is 200 g/mol. The summed E-state index contributed by atoms with van der Waals surface area (Å²) in [5.41, 5.74) is 0. The number of aromatic nitrogens is 2. The number of nitrogens with zero attached hydrogens (tertiary/aromatic N) is 1. The monoisotopic (exact) mass is 214 g/mol. The molecule has 0 radical (unpaired) electrons. The van der Waals surface area contributed by atoms with Crippen LogP contribution in [0.4, 0.5) is 0 Å². The summed E-state index contributed by atoms with van der Waals surface area (Å²) in [4.78, 5) is 7.17. The third-order valence-corrected chi connectivity index (χ3v) is 2.90. The zero-order valence-electron chi connectivity index (χ0n) is 7.94. The molecule has 1 aliphatic heterocycles. The van der Waals surface area contributed by atoms with Gasteiger partial charge >= 0.3 is 0 Å². The van der Waals surface area contributed by atoms with Gasteiger partial charge in [-0.15, -0.1) is 0 Å². The fourth-order valence-electron chi connectivity index (χ4n) is 1.28. The highest BCUT2D eigenvalue weighted by Gasteiger charge is 2.13. The molecule has 1 aromatic heterocycles. The van der Waals surface area contributed by atoms with Gasteiger partial charge in [-0.3, -0.25) is 0 Å². The predicted molar refractivity (Wildman–Crippen MR) is 54.2 cm³/mol. The summed E-state index contributed by atoms with van der Waals surface area (Å²) in [5.74, 6) is 0.970. The van der Waals surface area contributed by atoms with Crippen molar-refractivity contribution in [3.63, 3.8) is 0 Å². The van der Waals surface area contributed by atoms with Crippen molar-refractivity contribution in [3.8, 4) is 0 Å². The first-order valence-corrected chi connectivity index (χ1v) is 5.79. The summed E-state index contributed by atoms with van der Waals surface area (Å²) in [6.07, 6.45) is 5.52. The zero-order valence-corrected chi connectivity index (χ0v) is 8.76. The zero-order chi connectivity index (χ0) is 9.64. The molecule has 0 unspecified atom stereocenters. The van der Waals surface area contributed by atoms with Crippen LogP contribution < -0.4 is 0 Å². The minimum atomic E-state index is -0.00814. The van der Waals surface area contributed by atoms with Crippen LogP contribution in [0, 0.1) is 0 Å². The number of hydrogen-bond acceptors (Lipinski definition) is 4. The van der Waals surface area contributed by atoms with Crippen LogP contribution in [0.2, 0.25) is 0 Å². The number of H-pyrrole nitrogens is 1. The van der Waals surface area contributed by atoms with Crippen molar-refractivity contribution in [1.82, 2.24) is 9.97 Å². The van der Waals surface area contributed by atoms with Gasteiger partial charge in [0.15, 0.2) is 11.4 Å². The minimum Gasteiger partial charge on any atom is -0.353 e. The summed E-state index contributed by atoms with van der Waals surface area (Å²) < 4.78 is 10.9. The Morgan fingerprint density at radius 2 is 2.36 bits per heavy atom. The van der Waals surface area contributed by atoms with E-state index in [0.717, 1.165) is 37.0 Å². The van der Waals surface area contributed by atoms with Crippen molar-refractivity contribution in [2.75, 3.05) is 19.0 Å². The molecule has 14 heavy (non-hydrogen) atoms. The molecule has 0 spiro atoms. The number of imidazole rings is 1. The van der Waals surface area contributed by atoms with Gasteiger partial charge in [0.05, 0.1) is 13.2 Å². The van der Waals surface area contributed by atoms with Crippen LogP contribution in [0.25, 0.3) is 0 Å². The van der Waals surface area contributed by atoms with E-state index in [0.29, 0.717) is 0 Å². The van der Waals surface area contributed by atoms with Crippen LogP contribution in [0.15, 0.2) is 17.6 Å². The van der Waals surface area contributed by atoms with Gasteiger partial charge in [0.2, 0.25) is 0 Å². The summed E-state index contributed by atoms with van der Waals surface area (Å²) in [6.45, 7) is 1.66. The fraction of sp³-hybridized carbons (Fsp3) is 0.667. The van der Waals surface area contributed by atoms with Crippen LogP contribution in [-0.4, -0.2) is 35.2 Å². The van der Waals surface area contributed by atoms with E-state index in [2.05, 4.69) is 9.97 Å². The van der Waals surface area contributed by atoms with E-state index in [4.69, 9.17) is 9.47 Å². The van der Waals surface area contributed by atoms with Gasteiger partial charge in [-0.25, -0.2) is 4.98 Å². The van der Waals surface area contributed by atoms with Gasteiger partial charge in [-0.1, -0.05) is 11.8 Å². The first-order chi connectivity index (χ1) is 6.95. The van der Waals surface area contributed by atoms with Crippen LogP contribution in [-0.2, 0) is 9.47 Å². The summed E-state index contributed by atoms with van der Waals surface area (Å²) in [6, 6.07) is 0. The van der Waals surface area contributed by atoms with Gasteiger partial charge in [-0.2, -0.15) is 0 Å². The van der Waals surface area contributed by atoms with Crippen LogP contribution in [0.5, 0.6) is 0 Å². The molecule has 1 aromatic rings. The average molecular weight is 214 g/mol. The van der Waals surface area contributed by atoms with Gasteiger partial charge < -0.3 is 14.5 Å². The Morgan fingerprint density at radius 3 is 3.07 bits per heavy atom. The maximum Gasteiger partial charge on any atom is 0.165 e. The molecule has 0 amide bonds. The third-order valence-electron chi connectivity index (χ3n) is 1.96. The van der Waals surface area contributed by atoms with Gasteiger partial charge in [0.25, 0.3) is 0 Å². The molecule has 2 rings (SSSR count). The SMILES string of the molecule is c1c[nH]c(SCCC2OCCCO2)n1. The molecular formula is C9H14N2O2S. The maximum atomic E-state index is 5.43. The molecule has 0 aliphatic carbocycles. The largest absolute Gasteiger partial charge is 0.353 e. The second-order valence-electron chi connectivity index (χ2n) is 3.06. The van der Waals surface area contributed by atoms with E-state index in [9.17, 15) is 0 Å². The van der Waals surface area contributed by atoms with E-state index >= 15 is 0 Å². The number of rotatable bonds is 4. The Hall–Kier alpha value is -0.520. The molecule has 0 atom stereocenters. The molecule has 1 saturated heterocycles. The average Bonchev–Trinajstić information content (AvgIpc) is 2.72. The van der Waals surface area contributed by atoms with Crippen molar-refractivity contribution in [1.29, 1.82) is 0 Å². The maximum absolute atomic E-state index is 5.43. The topological polar surface area (TPSA) is 47.1 Å². The minimum absolute atomic E-state index is 0.00814. The lowest BCUT2D eigenvalue weighted by Crippen LogP contribution is -2.25. The van der Waals surface area contributed by atoms with Crippen molar-refractivity contribution in [2.24, 2.45) is 0 Å². The lowest BCUT2D eigenvalue weighted by atomic mass is 10.4. The molecule has 2 heterocycles. The van der Waals surface area contributed by atoms with Gasteiger partial charge in [0.1, 0.15) is 0 Å². The second-order valence-corrected chi connectivity index (χ2v) is 4.14. The Balaban J connectivity index is 1.62. The first-order valence-electron chi connectivity index (χ1n) is 4.80. The Kier molecular flexibility index (Phi) is 3.85. The van der Waals surface area contributed by atoms with Gasteiger partial charge in [0, 0.05) is 24.6 Å². The normalized spacial score (nSPS) is 18.6.